The number of carboxylic acid groups (broad SMARTS) is 2. The fraction of sp³-hybridized carbons (Fsp3) is 0.647. The number of carbonyl (C=O) groups is 6. The van der Waals surface area contributed by atoms with Crippen LogP contribution in [0.5, 0.6) is 0 Å². The van der Waals surface area contributed by atoms with E-state index in [4.69, 9.17) is 10.2 Å². The fourth-order valence-corrected chi connectivity index (χ4v) is 2.03. The van der Waals surface area contributed by atoms with Gasteiger partial charge in [-0.1, -0.05) is 0 Å². The molecule has 0 heterocycles. The second kappa shape index (κ2) is 14.4. The van der Waals surface area contributed by atoms with Gasteiger partial charge >= 0.3 is 11.9 Å². The van der Waals surface area contributed by atoms with Crippen LogP contribution in [0.15, 0.2) is 0 Å². The van der Waals surface area contributed by atoms with E-state index in [1.54, 1.807) is 0 Å². The summed E-state index contributed by atoms with van der Waals surface area (Å²) < 4.78 is 0. The zero-order valence-corrected chi connectivity index (χ0v) is 15.1. The van der Waals surface area contributed by atoms with Crippen LogP contribution in [0.4, 0.5) is 0 Å². The van der Waals surface area contributed by atoms with Crippen LogP contribution in [0.2, 0.25) is 0 Å². The lowest BCUT2D eigenvalue weighted by Crippen LogP contribution is -2.27. The minimum Gasteiger partial charge on any atom is -0.481 e. The van der Waals surface area contributed by atoms with Crippen LogP contribution < -0.4 is 10.6 Å². The lowest BCUT2D eigenvalue weighted by molar-refractivity contribution is -0.138. The van der Waals surface area contributed by atoms with E-state index in [1.165, 1.54) is 0 Å². The van der Waals surface area contributed by atoms with Gasteiger partial charge in [-0.15, -0.1) is 0 Å². The van der Waals surface area contributed by atoms with E-state index in [0.29, 0.717) is 0 Å². The summed E-state index contributed by atoms with van der Waals surface area (Å²) in [5, 5.41) is 21.8. The lowest BCUT2D eigenvalue weighted by Gasteiger charge is -2.05. The van der Waals surface area contributed by atoms with Crippen LogP contribution in [0.25, 0.3) is 0 Å². The molecule has 0 radical (unpaired) electrons. The Morgan fingerprint density at radius 2 is 1.11 bits per heavy atom. The molecule has 10 heteroatoms. The molecule has 0 rings (SSSR count). The van der Waals surface area contributed by atoms with Crippen molar-refractivity contribution >= 4 is 35.3 Å². The number of hydrogen-bond donors (Lipinski definition) is 4. The molecular formula is C17H26N2O8. The zero-order valence-electron chi connectivity index (χ0n) is 15.1. The number of amides is 2. The van der Waals surface area contributed by atoms with Crippen molar-refractivity contribution in [2.75, 3.05) is 13.1 Å². The fourth-order valence-electron chi connectivity index (χ4n) is 2.03. The Labute approximate surface area is 156 Å². The summed E-state index contributed by atoms with van der Waals surface area (Å²) in [6, 6.07) is 0. The predicted octanol–water partition coefficient (Wildman–Crippen LogP) is 0.0371. The topological polar surface area (TPSA) is 167 Å². The molecule has 0 aromatic carbocycles. The number of hydrogen-bond acceptors (Lipinski definition) is 6. The molecule has 0 bridgehead atoms. The third-order valence-corrected chi connectivity index (χ3v) is 3.45. The molecule has 2 amide bonds. The van der Waals surface area contributed by atoms with Gasteiger partial charge in [-0.3, -0.25) is 28.8 Å². The van der Waals surface area contributed by atoms with Crippen LogP contribution in [-0.4, -0.2) is 58.6 Å². The van der Waals surface area contributed by atoms with Gasteiger partial charge in [0.25, 0.3) is 0 Å². The van der Waals surface area contributed by atoms with E-state index in [9.17, 15) is 28.8 Å². The number of aliphatic carboxylic acids is 2. The van der Waals surface area contributed by atoms with Crippen molar-refractivity contribution in [1.29, 1.82) is 0 Å². The van der Waals surface area contributed by atoms with Gasteiger partial charge in [-0.25, -0.2) is 0 Å². The first-order chi connectivity index (χ1) is 12.7. The smallest absolute Gasteiger partial charge is 0.303 e. The summed E-state index contributed by atoms with van der Waals surface area (Å²) in [6.07, 6.45) is -0.00725. The molecule has 0 saturated carbocycles. The summed E-state index contributed by atoms with van der Waals surface area (Å²) >= 11 is 0. The molecule has 0 saturated heterocycles. The van der Waals surface area contributed by atoms with Crippen LogP contribution in [0.1, 0.15) is 57.8 Å². The Kier molecular flexibility index (Phi) is 12.9. The maximum atomic E-state index is 11.7. The molecule has 0 aromatic heterocycles. The first-order valence-electron chi connectivity index (χ1n) is 8.71. The highest BCUT2D eigenvalue weighted by Gasteiger charge is 2.12. The molecule has 0 aliphatic rings. The quantitative estimate of drug-likeness (QED) is 0.213. The molecule has 0 spiro atoms. The van der Waals surface area contributed by atoms with Gasteiger partial charge in [0.1, 0.15) is 11.6 Å². The highest BCUT2D eigenvalue weighted by Crippen LogP contribution is 2.00. The maximum absolute atomic E-state index is 11.7. The SMILES string of the molecule is O=C(O)CCCNC(=O)CC(=O)CCC(=O)CCNC(=O)CCCC(=O)O. The Bertz CT molecular complexity index is 559. The second-order valence-electron chi connectivity index (χ2n) is 5.95. The molecule has 0 aromatic rings. The highest BCUT2D eigenvalue weighted by atomic mass is 16.4. The number of rotatable bonds is 16. The van der Waals surface area contributed by atoms with Crippen molar-refractivity contribution < 1.29 is 39.0 Å². The largest absolute Gasteiger partial charge is 0.481 e. The predicted molar refractivity (Wildman–Crippen MR) is 92.9 cm³/mol. The van der Waals surface area contributed by atoms with Crippen LogP contribution in [-0.2, 0) is 28.8 Å². The van der Waals surface area contributed by atoms with Crippen LogP contribution in [0.3, 0.4) is 0 Å². The number of carbonyl (C=O) groups excluding carboxylic acids is 4. The minimum atomic E-state index is -0.975. The highest BCUT2D eigenvalue weighted by molar-refractivity contribution is 5.99. The number of ketones is 2. The summed E-state index contributed by atoms with van der Waals surface area (Å²) in [6.45, 7) is 0.284. The normalized spacial score (nSPS) is 10.1. The Balaban J connectivity index is 3.74. The van der Waals surface area contributed by atoms with E-state index in [1.807, 2.05) is 0 Å². The van der Waals surface area contributed by atoms with E-state index in [0.717, 1.165) is 0 Å². The Hall–Kier alpha value is -2.78. The molecule has 10 nitrogen and oxygen atoms in total. The molecule has 0 atom stereocenters. The molecule has 0 unspecified atom stereocenters. The average molecular weight is 386 g/mol. The molecule has 0 fully saturated rings. The van der Waals surface area contributed by atoms with Crippen molar-refractivity contribution in [2.45, 2.75) is 57.8 Å². The van der Waals surface area contributed by atoms with Gasteiger partial charge in [0, 0.05) is 51.6 Å². The first-order valence-corrected chi connectivity index (χ1v) is 8.71. The van der Waals surface area contributed by atoms with Gasteiger partial charge in [0.05, 0.1) is 6.42 Å². The lowest BCUT2D eigenvalue weighted by atomic mass is 10.1. The van der Waals surface area contributed by atoms with E-state index in [-0.39, 0.29) is 82.6 Å². The molecule has 0 aliphatic carbocycles. The van der Waals surface area contributed by atoms with E-state index < -0.39 is 23.6 Å². The standard InChI is InChI=1S/C17H26N2O8/c20-12(8-10-19-14(22)3-1-4-16(24)25)6-7-13(21)11-15(23)18-9-2-5-17(26)27/h1-11H2,(H,18,23)(H,19,22)(H,24,25)(H,26,27). The van der Waals surface area contributed by atoms with Crippen molar-refractivity contribution in [3.05, 3.63) is 0 Å². The van der Waals surface area contributed by atoms with E-state index in [2.05, 4.69) is 10.6 Å². The third kappa shape index (κ3) is 16.4. The number of nitrogens with one attached hydrogen (secondary N) is 2. The summed E-state index contributed by atoms with van der Waals surface area (Å²) in [5.41, 5.74) is 0. The molecule has 27 heavy (non-hydrogen) atoms. The van der Waals surface area contributed by atoms with Gasteiger partial charge in [0.2, 0.25) is 11.8 Å². The molecule has 152 valence electrons. The maximum Gasteiger partial charge on any atom is 0.303 e. The van der Waals surface area contributed by atoms with Crippen molar-refractivity contribution in [2.24, 2.45) is 0 Å². The minimum absolute atomic E-state index is 0.0278. The summed E-state index contributed by atoms with van der Waals surface area (Å²) in [5.74, 6) is -3.40. The zero-order chi connectivity index (χ0) is 20.7. The van der Waals surface area contributed by atoms with Gasteiger partial charge < -0.3 is 20.8 Å². The molecular weight excluding hydrogens is 360 g/mol. The summed E-state index contributed by atoms with van der Waals surface area (Å²) in [7, 11) is 0. The average Bonchev–Trinajstić information content (AvgIpc) is 2.56. The van der Waals surface area contributed by atoms with Crippen molar-refractivity contribution in [1.82, 2.24) is 10.6 Å². The van der Waals surface area contributed by atoms with Gasteiger partial charge in [-0.05, 0) is 12.8 Å². The Morgan fingerprint density at radius 1 is 0.556 bits per heavy atom. The monoisotopic (exact) mass is 386 g/mol. The van der Waals surface area contributed by atoms with Crippen LogP contribution >= 0.6 is 0 Å². The van der Waals surface area contributed by atoms with E-state index >= 15 is 0 Å². The number of carboxylic acids is 2. The van der Waals surface area contributed by atoms with Crippen molar-refractivity contribution in [3.63, 3.8) is 0 Å². The molecule has 0 aliphatic heterocycles. The molecule has 4 N–H and O–H groups in total. The third-order valence-electron chi connectivity index (χ3n) is 3.45. The second-order valence-corrected chi connectivity index (χ2v) is 5.95. The Morgan fingerprint density at radius 3 is 1.74 bits per heavy atom. The van der Waals surface area contributed by atoms with Crippen LogP contribution in [0, 0.1) is 0 Å². The van der Waals surface area contributed by atoms with Crippen molar-refractivity contribution in [3.8, 4) is 0 Å². The summed E-state index contributed by atoms with van der Waals surface area (Å²) in [4.78, 5) is 66.8. The van der Waals surface area contributed by atoms with Gasteiger partial charge in [-0.2, -0.15) is 0 Å². The van der Waals surface area contributed by atoms with Gasteiger partial charge in [0.15, 0.2) is 0 Å². The number of Topliss-reactive ketones (excluding diaryl/α,β-unsaturated/α-hetero) is 2. The first kappa shape index (κ1) is 24.2.